The summed E-state index contributed by atoms with van der Waals surface area (Å²) in [6, 6.07) is 4.64. The van der Waals surface area contributed by atoms with Crippen molar-refractivity contribution in [3.63, 3.8) is 0 Å². The van der Waals surface area contributed by atoms with E-state index in [9.17, 15) is 9.90 Å². The van der Waals surface area contributed by atoms with E-state index in [1.807, 2.05) is 6.92 Å². The molecule has 0 radical (unpaired) electrons. The monoisotopic (exact) mass is 257 g/mol. The second-order valence-electron chi connectivity index (χ2n) is 4.21. The van der Waals surface area contributed by atoms with Crippen molar-refractivity contribution in [2.45, 2.75) is 25.5 Å². The van der Waals surface area contributed by atoms with Crippen LogP contribution in [0.5, 0.6) is 11.5 Å². The average Bonchev–Trinajstić information content (AvgIpc) is 2.68. The van der Waals surface area contributed by atoms with Crippen LogP contribution in [0.4, 0.5) is 0 Å². The second kappa shape index (κ2) is 5.38. The molecule has 1 heterocycles. The molecule has 1 atom stereocenters. The Balaban J connectivity index is 0.00000144. The molecule has 1 aromatic rings. The number of carbonyl (C=O) groups excluding carboxylic acids is 1. The summed E-state index contributed by atoms with van der Waals surface area (Å²) in [7, 11) is 0. The summed E-state index contributed by atoms with van der Waals surface area (Å²) in [4.78, 5) is 10.5. The van der Waals surface area contributed by atoms with Crippen molar-refractivity contribution in [1.82, 2.24) is 5.32 Å². The third kappa shape index (κ3) is 3.11. The minimum absolute atomic E-state index is 0. The van der Waals surface area contributed by atoms with Crippen molar-refractivity contribution >= 4 is 18.7 Å². The van der Waals surface area contributed by atoms with Crippen LogP contribution in [0.1, 0.15) is 30.1 Å². The van der Waals surface area contributed by atoms with E-state index in [0.717, 1.165) is 19.4 Å². The van der Waals surface area contributed by atoms with Gasteiger partial charge in [0.2, 0.25) is 0 Å². The van der Waals surface area contributed by atoms with Gasteiger partial charge >= 0.3 is 0 Å². The molecule has 17 heavy (non-hydrogen) atoms. The van der Waals surface area contributed by atoms with E-state index < -0.39 is 5.72 Å². The minimum Gasteiger partial charge on any atom is -0.504 e. The van der Waals surface area contributed by atoms with E-state index in [2.05, 4.69) is 5.32 Å². The van der Waals surface area contributed by atoms with Gasteiger partial charge in [0, 0.05) is 12.0 Å². The lowest BCUT2D eigenvalue weighted by Gasteiger charge is -2.26. The quantitative estimate of drug-likeness (QED) is 0.815. The molecule has 1 aliphatic heterocycles. The SMILES string of the molecule is C[C@]1(Oc2ccc(C=O)cc2O)CCCN1.Cl. The summed E-state index contributed by atoms with van der Waals surface area (Å²) in [5.41, 5.74) is 0.0228. The fraction of sp³-hybridized carbons (Fsp3) is 0.417. The molecular weight excluding hydrogens is 242 g/mol. The van der Waals surface area contributed by atoms with Crippen LogP contribution in [0.15, 0.2) is 18.2 Å². The molecule has 0 spiro atoms. The summed E-state index contributed by atoms with van der Waals surface area (Å²) in [5, 5.41) is 12.9. The van der Waals surface area contributed by atoms with Crippen LogP contribution in [-0.4, -0.2) is 23.7 Å². The van der Waals surface area contributed by atoms with Crippen LogP contribution in [0.2, 0.25) is 0 Å². The molecule has 5 heteroatoms. The molecule has 0 bridgehead atoms. The lowest BCUT2D eigenvalue weighted by atomic mass is 10.2. The number of aromatic hydroxyl groups is 1. The standard InChI is InChI=1S/C12H15NO3.ClH/c1-12(5-2-6-13-12)16-11-4-3-9(8-14)7-10(11)15;/h3-4,7-8,13,15H,2,5-6H2,1H3;1H/t12-;/m0./s1. The van der Waals surface area contributed by atoms with Crippen LogP contribution in [0, 0.1) is 0 Å². The predicted octanol–water partition coefficient (Wildman–Crippen LogP) is 2.10. The van der Waals surface area contributed by atoms with Crippen molar-refractivity contribution in [2.75, 3.05) is 6.54 Å². The number of aldehydes is 1. The molecule has 2 rings (SSSR count). The van der Waals surface area contributed by atoms with E-state index in [-0.39, 0.29) is 18.2 Å². The van der Waals surface area contributed by atoms with Gasteiger partial charge in [-0.1, -0.05) is 0 Å². The van der Waals surface area contributed by atoms with Gasteiger partial charge in [-0.25, -0.2) is 0 Å². The number of ether oxygens (including phenoxy) is 1. The number of phenols is 1. The van der Waals surface area contributed by atoms with Crippen molar-refractivity contribution in [1.29, 1.82) is 0 Å². The lowest BCUT2D eigenvalue weighted by molar-refractivity contribution is 0.0699. The van der Waals surface area contributed by atoms with Gasteiger partial charge in [0.1, 0.15) is 6.29 Å². The number of hydrogen-bond donors (Lipinski definition) is 2. The van der Waals surface area contributed by atoms with E-state index in [1.165, 1.54) is 6.07 Å². The molecule has 0 unspecified atom stereocenters. The van der Waals surface area contributed by atoms with Crippen LogP contribution >= 0.6 is 12.4 Å². The first kappa shape index (κ1) is 13.8. The topological polar surface area (TPSA) is 58.6 Å². The Hall–Kier alpha value is -1.26. The van der Waals surface area contributed by atoms with Crippen molar-refractivity contribution < 1.29 is 14.6 Å². The van der Waals surface area contributed by atoms with Gasteiger partial charge in [-0.2, -0.15) is 0 Å². The number of benzene rings is 1. The Labute approximate surface area is 106 Å². The first-order valence-electron chi connectivity index (χ1n) is 5.35. The summed E-state index contributed by atoms with van der Waals surface area (Å²) in [5.74, 6) is 0.405. The second-order valence-corrected chi connectivity index (χ2v) is 4.21. The number of halogens is 1. The maximum atomic E-state index is 10.5. The largest absolute Gasteiger partial charge is 0.504 e. The van der Waals surface area contributed by atoms with E-state index >= 15 is 0 Å². The number of carbonyl (C=O) groups is 1. The molecule has 94 valence electrons. The Kier molecular flexibility index (Phi) is 4.37. The van der Waals surface area contributed by atoms with Gasteiger partial charge in [-0.05, 0) is 38.1 Å². The highest BCUT2D eigenvalue weighted by atomic mass is 35.5. The molecule has 1 aromatic carbocycles. The Morgan fingerprint density at radius 2 is 2.29 bits per heavy atom. The molecular formula is C12H16ClNO3. The van der Waals surface area contributed by atoms with Gasteiger partial charge < -0.3 is 9.84 Å². The molecule has 0 saturated carbocycles. The Morgan fingerprint density at radius 3 is 2.82 bits per heavy atom. The van der Waals surface area contributed by atoms with Crippen LogP contribution < -0.4 is 10.1 Å². The van der Waals surface area contributed by atoms with Crippen LogP contribution in [0.25, 0.3) is 0 Å². The predicted molar refractivity (Wildman–Crippen MR) is 67.0 cm³/mol. The number of hydrogen-bond acceptors (Lipinski definition) is 4. The zero-order valence-corrected chi connectivity index (χ0v) is 10.4. The van der Waals surface area contributed by atoms with Crippen LogP contribution in [-0.2, 0) is 0 Å². The molecule has 1 fully saturated rings. The van der Waals surface area contributed by atoms with E-state index in [0.29, 0.717) is 17.6 Å². The van der Waals surface area contributed by atoms with Gasteiger partial charge in [-0.3, -0.25) is 10.1 Å². The van der Waals surface area contributed by atoms with E-state index in [4.69, 9.17) is 4.74 Å². The molecule has 2 N–H and O–H groups in total. The normalized spacial score (nSPS) is 22.9. The molecule has 0 aromatic heterocycles. The summed E-state index contributed by atoms with van der Waals surface area (Å²) < 4.78 is 5.72. The van der Waals surface area contributed by atoms with Gasteiger partial charge in [0.05, 0.1) is 0 Å². The third-order valence-electron chi connectivity index (χ3n) is 2.78. The van der Waals surface area contributed by atoms with Crippen LogP contribution in [0.3, 0.4) is 0 Å². The van der Waals surface area contributed by atoms with Gasteiger partial charge in [0.25, 0.3) is 0 Å². The van der Waals surface area contributed by atoms with Gasteiger partial charge in [-0.15, -0.1) is 12.4 Å². The maximum Gasteiger partial charge on any atom is 0.163 e. The number of nitrogens with one attached hydrogen (secondary N) is 1. The molecule has 0 amide bonds. The molecule has 4 nitrogen and oxygen atoms in total. The summed E-state index contributed by atoms with van der Waals surface area (Å²) in [6.45, 7) is 2.87. The lowest BCUT2D eigenvalue weighted by Crippen LogP contribution is -2.42. The molecule has 1 saturated heterocycles. The number of rotatable bonds is 3. The third-order valence-corrected chi connectivity index (χ3v) is 2.78. The average molecular weight is 258 g/mol. The summed E-state index contributed by atoms with van der Waals surface area (Å²) in [6.07, 6.45) is 2.66. The molecule has 0 aliphatic carbocycles. The van der Waals surface area contributed by atoms with Crippen molar-refractivity contribution in [3.05, 3.63) is 23.8 Å². The highest BCUT2D eigenvalue weighted by Gasteiger charge is 2.30. The number of phenolic OH excluding ortho intramolecular Hbond substituents is 1. The maximum absolute atomic E-state index is 10.5. The van der Waals surface area contributed by atoms with Crippen molar-refractivity contribution in [2.24, 2.45) is 0 Å². The van der Waals surface area contributed by atoms with E-state index in [1.54, 1.807) is 12.1 Å². The zero-order chi connectivity index (χ0) is 11.6. The first-order chi connectivity index (χ1) is 7.63. The molecule has 1 aliphatic rings. The smallest absolute Gasteiger partial charge is 0.163 e. The highest BCUT2D eigenvalue weighted by molar-refractivity contribution is 5.85. The highest BCUT2D eigenvalue weighted by Crippen LogP contribution is 2.31. The fourth-order valence-corrected chi connectivity index (χ4v) is 1.89. The van der Waals surface area contributed by atoms with Gasteiger partial charge in [0.15, 0.2) is 17.2 Å². The first-order valence-corrected chi connectivity index (χ1v) is 5.35. The van der Waals surface area contributed by atoms with Crippen molar-refractivity contribution in [3.8, 4) is 11.5 Å². The fourth-order valence-electron chi connectivity index (χ4n) is 1.89. The minimum atomic E-state index is -0.416. The Bertz CT molecular complexity index is 403. The summed E-state index contributed by atoms with van der Waals surface area (Å²) >= 11 is 0. The zero-order valence-electron chi connectivity index (χ0n) is 9.60. The Morgan fingerprint density at radius 1 is 1.53 bits per heavy atom.